The van der Waals surface area contributed by atoms with E-state index in [1.165, 1.54) is 31.6 Å². The summed E-state index contributed by atoms with van der Waals surface area (Å²) in [4.78, 5) is 26.5. The number of aromatic nitrogens is 2. The number of ether oxygens (including phenoxy) is 2. The van der Waals surface area contributed by atoms with Crippen LogP contribution in [0.5, 0.6) is 5.75 Å². The Balaban J connectivity index is 1.69. The van der Waals surface area contributed by atoms with Crippen molar-refractivity contribution in [3.05, 3.63) is 70.7 Å². The largest absolute Gasteiger partial charge is 0.497 e. The second-order valence-corrected chi connectivity index (χ2v) is 7.55. The van der Waals surface area contributed by atoms with Crippen molar-refractivity contribution < 1.29 is 19.1 Å². The Bertz CT molecular complexity index is 1240. The number of rotatable bonds is 5. The van der Waals surface area contributed by atoms with E-state index in [1.807, 2.05) is 48.0 Å². The van der Waals surface area contributed by atoms with Gasteiger partial charge in [0.05, 0.1) is 41.7 Å². The number of amides is 1. The number of nitrogens with one attached hydrogen (secondary N) is 1. The van der Waals surface area contributed by atoms with Gasteiger partial charge in [-0.2, -0.15) is 5.10 Å². The van der Waals surface area contributed by atoms with Gasteiger partial charge in [-0.05, 0) is 43.3 Å². The molecule has 0 bridgehead atoms. The van der Waals surface area contributed by atoms with Gasteiger partial charge >= 0.3 is 5.97 Å². The maximum atomic E-state index is 12.9. The van der Waals surface area contributed by atoms with Crippen LogP contribution in [0.4, 0.5) is 5.69 Å². The minimum atomic E-state index is -0.559. The summed E-state index contributed by atoms with van der Waals surface area (Å²) in [5, 5.41) is 8.31. The Morgan fingerprint density at radius 3 is 2.53 bits per heavy atom. The summed E-state index contributed by atoms with van der Waals surface area (Å²) in [5.74, 6) is -0.379. The highest BCUT2D eigenvalue weighted by Crippen LogP contribution is 2.31. The predicted octanol–water partition coefficient (Wildman–Crippen LogP) is 4.44. The molecule has 7 nitrogen and oxygen atoms in total. The van der Waals surface area contributed by atoms with Gasteiger partial charge in [-0.3, -0.25) is 4.79 Å². The number of fused-ring (bicyclic) bond motifs is 1. The molecule has 0 fully saturated rings. The molecule has 30 heavy (non-hydrogen) atoms. The zero-order valence-corrected chi connectivity index (χ0v) is 17.4. The van der Waals surface area contributed by atoms with Crippen LogP contribution >= 0.6 is 11.3 Å². The maximum absolute atomic E-state index is 12.9. The van der Waals surface area contributed by atoms with Crippen molar-refractivity contribution >= 4 is 39.1 Å². The molecule has 0 aliphatic carbocycles. The van der Waals surface area contributed by atoms with Crippen LogP contribution < -0.4 is 10.1 Å². The van der Waals surface area contributed by atoms with Gasteiger partial charge in [0.25, 0.3) is 5.91 Å². The van der Waals surface area contributed by atoms with E-state index in [-0.39, 0.29) is 11.5 Å². The molecule has 0 aliphatic rings. The van der Waals surface area contributed by atoms with E-state index in [0.29, 0.717) is 16.3 Å². The lowest BCUT2D eigenvalue weighted by molar-refractivity contribution is 0.0601. The van der Waals surface area contributed by atoms with Crippen molar-refractivity contribution in [1.82, 2.24) is 9.78 Å². The zero-order chi connectivity index (χ0) is 21.3. The molecule has 8 heteroatoms. The number of hydrogen-bond acceptors (Lipinski definition) is 6. The number of anilines is 1. The second kappa shape index (κ2) is 8.00. The number of benzene rings is 2. The van der Waals surface area contributed by atoms with Crippen LogP contribution in [0, 0.1) is 6.92 Å². The number of nitrogens with zero attached hydrogens (tertiary/aromatic N) is 2. The number of methoxy groups -OCH3 is 2. The van der Waals surface area contributed by atoms with Crippen molar-refractivity contribution in [2.75, 3.05) is 19.5 Å². The van der Waals surface area contributed by atoms with Crippen molar-refractivity contribution in [3.63, 3.8) is 0 Å². The molecule has 0 saturated heterocycles. The van der Waals surface area contributed by atoms with E-state index in [1.54, 1.807) is 12.1 Å². The molecule has 0 atom stereocenters. The third kappa shape index (κ3) is 3.53. The molecular formula is C22H19N3O4S. The minimum absolute atomic E-state index is 0.220. The normalized spacial score (nSPS) is 10.8. The number of para-hydroxylation sites is 1. The van der Waals surface area contributed by atoms with Crippen LogP contribution in [-0.2, 0) is 4.74 Å². The molecule has 0 spiro atoms. The molecule has 1 N–H and O–H groups in total. The van der Waals surface area contributed by atoms with Crippen LogP contribution in [0.3, 0.4) is 0 Å². The SMILES string of the molecule is COC(=O)c1cc(OC)ccc1NC(=O)c1cc2c(C)nn(-c3ccccc3)c2s1. The summed E-state index contributed by atoms with van der Waals surface area (Å²) in [6, 6.07) is 16.4. The van der Waals surface area contributed by atoms with E-state index >= 15 is 0 Å². The van der Waals surface area contributed by atoms with Gasteiger partial charge in [-0.25, -0.2) is 9.48 Å². The van der Waals surface area contributed by atoms with Crippen molar-refractivity contribution in [2.24, 2.45) is 0 Å². The third-order valence-electron chi connectivity index (χ3n) is 4.65. The molecule has 0 radical (unpaired) electrons. The quantitative estimate of drug-likeness (QED) is 0.482. The second-order valence-electron chi connectivity index (χ2n) is 6.52. The Morgan fingerprint density at radius 1 is 1.07 bits per heavy atom. The lowest BCUT2D eigenvalue weighted by Gasteiger charge is -2.10. The van der Waals surface area contributed by atoms with Crippen LogP contribution in [0.25, 0.3) is 15.9 Å². The Labute approximate surface area is 176 Å². The summed E-state index contributed by atoms with van der Waals surface area (Å²) < 4.78 is 11.8. The Kier molecular flexibility index (Phi) is 5.24. The lowest BCUT2D eigenvalue weighted by Crippen LogP contribution is -2.14. The lowest BCUT2D eigenvalue weighted by atomic mass is 10.1. The zero-order valence-electron chi connectivity index (χ0n) is 16.6. The topological polar surface area (TPSA) is 82.4 Å². The molecule has 1 amide bonds. The van der Waals surface area contributed by atoms with Crippen molar-refractivity contribution in [1.29, 1.82) is 0 Å². The summed E-state index contributed by atoms with van der Waals surface area (Å²) >= 11 is 1.34. The van der Waals surface area contributed by atoms with Crippen LogP contribution in [0.15, 0.2) is 54.6 Å². The molecule has 0 unspecified atom stereocenters. The predicted molar refractivity (Wildman–Crippen MR) is 116 cm³/mol. The third-order valence-corrected chi connectivity index (χ3v) is 5.76. The van der Waals surface area contributed by atoms with E-state index in [4.69, 9.17) is 9.47 Å². The molecule has 2 aromatic heterocycles. The molecule has 152 valence electrons. The Hall–Kier alpha value is -3.65. The summed E-state index contributed by atoms with van der Waals surface area (Å²) in [6.07, 6.45) is 0. The highest BCUT2D eigenvalue weighted by atomic mass is 32.1. The Morgan fingerprint density at radius 2 is 1.83 bits per heavy atom. The maximum Gasteiger partial charge on any atom is 0.340 e. The summed E-state index contributed by atoms with van der Waals surface area (Å²) in [7, 11) is 2.79. The van der Waals surface area contributed by atoms with Crippen LogP contribution in [0.2, 0.25) is 0 Å². The minimum Gasteiger partial charge on any atom is -0.497 e. The monoisotopic (exact) mass is 421 g/mol. The van der Waals surface area contributed by atoms with Crippen LogP contribution in [0.1, 0.15) is 25.7 Å². The summed E-state index contributed by atoms with van der Waals surface area (Å²) in [5.41, 5.74) is 2.33. The van der Waals surface area contributed by atoms with Crippen LogP contribution in [-0.4, -0.2) is 35.9 Å². The fourth-order valence-electron chi connectivity index (χ4n) is 3.13. The van der Waals surface area contributed by atoms with E-state index in [2.05, 4.69) is 10.4 Å². The molecule has 2 aromatic carbocycles. The fraction of sp³-hybridized carbons (Fsp3) is 0.136. The average Bonchev–Trinajstić information content (AvgIpc) is 3.35. The van der Waals surface area contributed by atoms with Gasteiger partial charge in [0, 0.05) is 5.39 Å². The molecular weight excluding hydrogens is 402 g/mol. The molecule has 2 heterocycles. The standard InChI is InChI=1S/C22H19N3O4S/c1-13-16-12-19(30-21(16)25(24-13)14-7-5-4-6-8-14)20(26)23-18-10-9-15(28-2)11-17(18)22(27)29-3/h4-12H,1-3H3,(H,23,26). The number of aryl methyl sites for hydroxylation is 1. The van der Waals surface area contributed by atoms with E-state index < -0.39 is 5.97 Å². The van der Waals surface area contributed by atoms with Gasteiger partial charge < -0.3 is 14.8 Å². The first-order valence-electron chi connectivity index (χ1n) is 9.14. The fourth-order valence-corrected chi connectivity index (χ4v) is 4.20. The van der Waals surface area contributed by atoms with Crippen molar-refractivity contribution in [3.8, 4) is 11.4 Å². The van der Waals surface area contributed by atoms with Gasteiger partial charge in [-0.1, -0.05) is 18.2 Å². The highest BCUT2D eigenvalue weighted by molar-refractivity contribution is 7.20. The molecule has 0 aliphatic heterocycles. The number of hydrogen-bond donors (Lipinski definition) is 1. The van der Waals surface area contributed by atoms with Crippen molar-refractivity contribution in [2.45, 2.75) is 6.92 Å². The first kappa shape index (κ1) is 19.7. The molecule has 4 aromatic rings. The molecule has 0 saturated carbocycles. The number of carbonyl (C=O) groups excluding carboxylic acids is 2. The first-order valence-corrected chi connectivity index (χ1v) is 9.95. The van der Waals surface area contributed by atoms with Gasteiger partial charge in [0.15, 0.2) is 0 Å². The van der Waals surface area contributed by atoms with Gasteiger partial charge in [0.2, 0.25) is 0 Å². The average molecular weight is 421 g/mol. The summed E-state index contributed by atoms with van der Waals surface area (Å²) in [6.45, 7) is 1.91. The van der Waals surface area contributed by atoms with E-state index in [0.717, 1.165) is 21.6 Å². The van der Waals surface area contributed by atoms with E-state index in [9.17, 15) is 9.59 Å². The smallest absolute Gasteiger partial charge is 0.340 e. The number of carbonyl (C=O) groups is 2. The van der Waals surface area contributed by atoms with Gasteiger partial charge in [0.1, 0.15) is 10.6 Å². The van der Waals surface area contributed by atoms with Gasteiger partial charge in [-0.15, -0.1) is 11.3 Å². The highest BCUT2D eigenvalue weighted by Gasteiger charge is 2.20. The number of thiophene rings is 1. The number of esters is 1. The first-order chi connectivity index (χ1) is 14.5. The molecule has 4 rings (SSSR count).